The summed E-state index contributed by atoms with van der Waals surface area (Å²) in [5.74, 6) is -0.443. The summed E-state index contributed by atoms with van der Waals surface area (Å²) in [7, 11) is 0. The summed E-state index contributed by atoms with van der Waals surface area (Å²) in [6.45, 7) is 3.65. The highest BCUT2D eigenvalue weighted by molar-refractivity contribution is 6.36. The summed E-state index contributed by atoms with van der Waals surface area (Å²) in [5.41, 5.74) is 3.60. The van der Waals surface area contributed by atoms with E-state index in [-0.39, 0.29) is 5.71 Å². The number of para-hydroxylation sites is 1. The quantitative estimate of drug-likeness (QED) is 0.500. The molecule has 0 bridgehead atoms. The predicted molar refractivity (Wildman–Crippen MR) is 64.8 cm³/mol. The van der Waals surface area contributed by atoms with Crippen molar-refractivity contribution in [2.24, 2.45) is 5.10 Å². The van der Waals surface area contributed by atoms with Gasteiger partial charge in [0.05, 0.1) is 17.3 Å². The van der Waals surface area contributed by atoms with Gasteiger partial charge in [-0.15, -0.1) is 0 Å². The van der Waals surface area contributed by atoms with E-state index >= 15 is 0 Å². The van der Waals surface area contributed by atoms with Crippen molar-refractivity contribution in [2.45, 2.75) is 13.8 Å². The number of nitrogens with one attached hydrogen (secondary N) is 1. The summed E-state index contributed by atoms with van der Waals surface area (Å²) < 4.78 is 4.78. The van der Waals surface area contributed by atoms with Crippen molar-refractivity contribution in [1.82, 2.24) is 0 Å². The first kappa shape index (κ1) is 12.5. The standard InChI is InChI=1S/C11H13ClN2O2/c1-3-16-11(15)8(2)13-14-10-7-5-4-6-9(10)12/h4-7,14H,3H2,1-2H3. The Morgan fingerprint density at radius 3 is 2.81 bits per heavy atom. The molecule has 0 saturated heterocycles. The van der Waals surface area contributed by atoms with Crippen molar-refractivity contribution in [2.75, 3.05) is 12.0 Å². The minimum absolute atomic E-state index is 0.252. The molecule has 0 unspecified atom stereocenters. The molecule has 1 aromatic rings. The molecule has 1 aromatic carbocycles. The number of benzene rings is 1. The maximum absolute atomic E-state index is 11.2. The van der Waals surface area contributed by atoms with Gasteiger partial charge in [-0.25, -0.2) is 4.79 Å². The van der Waals surface area contributed by atoms with Gasteiger partial charge in [0.2, 0.25) is 0 Å². The SMILES string of the molecule is CCOC(=O)C(C)=NNc1ccccc1Cl. The molecule has 0 fully saturated rings. The van der Waals surface area contributed by atoms with E-state index in [2.05, 4.69) is 10.5 Å². The second-order valence-corrected chi connectivity index (χ2v) is 3.42. The average molecular weight is 241 g/mol. The van der Waals surface area contributed by atoms with Crippen LogP contribution in [0.1, 0.15) is 13.8 Å². The van der Waals surface area contributed by atoms with Crippen molar-refractivity contribution >= 4 is 29.0 Å². The second-order valence-electron chi connectivity index (χ2n) is 3.01. The van der Waals surface area contributed by atoms with E-state index in [0.717, 1.165) is 0 Å². The Bertz CT molecular complexity index is 405. The van der Waals surface area contributed by atoms with Crippen LogP contribution >= 0.6 is 11.6 Å². The van der Waals surface area contributed by atoms with Crippen LogP contribution < -0.4 is 5.43 Å². The Balaban J connectivity index is 2.66. The molecule has 0 aliphatic carbocycles. The molecular formula is C11H13ClN2O2. The van der Waals surface area contributed by atoms with Gasteiger partial charge in [0.15, 0.2) is 0 Å². The molecule has 1 rings (SSSR count). The summed E-state index contributed by atoms with van der Waals surface area (Å²) in [5, 5.41) is 4.43. The number of rotatable bonds is 4. The van der Waals surface area contributed by atoms with E-state index in [0.29, 0.717) is 17.3 Å². The van der Waals surface area contributed by atoms with Crippen LogP contribution in [0.2, 0.25) is 5.02 Å². The fraction of sp³-hybridized carbons (Fsp3) is 0.273. The molecule has 1 N–H and O–H groups in total. The van der Waals surface area contributed by atoms with Crippen molar-refractivity contribution in [3.05, 3.63) is 29.3 Å². The molecule has 0 atom stereocenters. The number of hydrogen-bond donors (Lipinski definition) is 1. The van der Waals surface area contributed by atoms with Gasteiger partial charge in [0.25, 0.3) is 0 Å². The lowest BCUT2D eigenvalue weighted by Crippen LogP contribution is -2.15. The molecule has 0 aliphatic rings. The van der Waals surface area contributed by atoms with Crippen LogP contribution in [0, 0.1) is 0 Å². The summed E-state index contributed by atoms with van der Waals surface area (Å²) >= 11 is 5.90. The van der Waals surface area contributed by atoms with Gasteiger partial charge in [-0.1, -0.05) is 23.7 Å². The van der Waals surface area contributed by atoms with E-state index in [1.165, 1.54) is 0 Å². The molecule has 0 saturated carbocycles. The van der Waals surface area contributed by atoms with Crippen molar-refractivity contribution in [1.29, 1.82) is 0 Å². The lowest BCUT2D eigenvalue weighted by atomic mass is 10.3. The Hall–Kier alpha value is -1.55. The average Bonchev–Trinajstić information content (AvgIpc) is 2.28. The summed E-state index contributed by atoms with van der Waals surface area (Å²) in [6.07, 6.45) is 0. The van der Waals surface area contributed by atoms with Crippen LogP contribution in [0.25, 0.3) is 0 Å². The van der Waals surface area contributed by atoms with E-state index < -0.39 is 5.97 Å². The van der Waals surface area contributed by atoms with E-state index in [1.807, 2.05) is 12.1 Å². The zero-order valence-electron chi connectivity index (χ0n) is 9.16. The number of hydrogen-bond acceptors (Lipinski definition) is 4. The molecular weight excluding hydrogens is 228 g/mol. The number of carbonyl (C=O) groups is 1. The van der Waals surface area contributed by atoms with E-state index in [1.54, 1.807) is 26.0 Å². The molecule has 0 aromatic heterocycles. The molecule has 4 nitrogen and oxygen atoms in total. The number of hydrazone groups is 1. The number of anilines is 1. The number of esters is 1. The zero-order valence-corrected chi connectivity index (χ0v) is 9.91. The van der Waals surface area contributed by atoms with Gasteiger partial charge in [-0.2, -0.15) is 5.10 Å². The first-order chi connectivity index (χ1) is 7.65. The topological polar surface area (TPSA) is 50.7 Å². The lowest BCUT2D eigenvalue weighted by molar-refractivity contribution is -0.135. The second kappa shape index (κ2) is 6.12. The Morgan fingerprint density at radius 1 is 1.50 bits per heavy atom. The van der Waals surface area contributed by atoms with Gasteiger partial charge in [0.1, 0.15) is 5.71 Å². The van der Waals surface area contributed by atoms with Gasteiger partial charge in [-0.05, 0) is 26.0 Å². The highest BCUT2D eigenvalue weighted by Gasteiger charge is 2.06. The highest BCUT2D eigenvalue weighted by Crippen LogP contribution is 2.20. The Labute approximate surface area is 99.2 Å². The van der Waals surface area contributed by atoms with Gasteiger partial charge >= 0.3 is 5.97 Å². The van der Waals surface area contributed by atoms with Crippen LogP contribution in [-0.4, -0.2) is 18.3 Å². The first-order valence-electron chi connectivity index (χ1n) is 4.87. The van der Waals surface area contributed by atoms with Crippen LogP contribution in [0.15, 0.2) is 29.4 Å². The summed E-state index contributed by atoms with van der Waals surface area (Å²) in [4.78, 5) is 11.2. The fourth-order valence-corrected chi connectivity index (χ4v) is 1.16. The van der Waals surface area contributed by atoms with E-state index in [4.69, 9.17) is 16.3 Å². The number of ether oxygens (including phenoxy) is 1. The molecule has 5 heteroatoms. The highest BCUT2D eigenvalue weighted by atomic mass is 35.5. The molecule has 86 valence electrons. The first-order valence-corrected chi connectivity index (χ1v) is 5.25. The minimum atomic E-state index is -0.443. The molecule has 0 radical (unpaired) electrons. The molecule has 16 heavy (non-hydrogen) atoms. The van der Waals surface area contributed by atoms with E-state index in [9.17, 15) is 4.79 Å². The van der Waals surface area contributed by atoms with Crippen LogP contribution in [-0.2, 0) is 9.53 Å². The Morgan fingerprint density at radius 2 is 2.19 bits per heavy atom. The normalized spacial score (nSPS) is 11.1. The fourth-order valence-electron chi connectivity index (χ4n) is 0.977. The number of nitrogens with zero attached hydrogens (tertiary/aromatic N) is 1. The Kier molecular flexibility index (Phi) is 4.79. The van der Waals surface area contributed by atoms with Crippen LogP contribution in [0.4, 0.5) is 5.69 Å². The third kappa shape index (κ3) is 3.55. The zero-order chi connectivity index (χ0) is 12.0. The molecule has 0 spiro atoms. The molecule has 0 amide bonds. The van der Waals surface area contributed by atoms with Crippen molar-refractivity contribution in [3.8, 4) is 0 Å². The van der Waals surface area contributed by atoms with Crippen molar-refractivity contribution in [3.63, 3.8) is 0 Å². The maximum Gasteiger partial charge on any atom is 0.354 e. The smallest absolute Gasteiger partial charge is 0.354 e. The van der Waals surface area contributed by atoms with Crippen LogP contribution in [0.5, 0.6) is 0 Å². The maximum atomic E-state index is 11.2. The van der Waals surface area contributed by atoms with Gasteiger partial charge < -0.3 is 4.74 Å². The van der Waals surface area contributed by atoms with Gasteiger partial charge in [-0.3, -0.25) is 5.43 Å². The monoisotopic (exact) mass is 240 g/mol. The molecule has 0 heterocycles. The van der Waals surface area contributed by atoms with Crippen LogP contribution in [0.3, 0.4) is 0 Å². The third-order valence-electron chi connectivity index (χ3n) is 1.79. The predicted octanol–water partition coefficient (Wildman–Crippen LogP) is 2.69. The van der Waals surface area contributed by atoms with Crippen molar-refractivity contribution < 1.29 is 9.53 Å². The lowest BCUT2D eigenvalue weighted by Gasteiger charge is -2.04. The van der Waals surface area contributed by atoms with Gasteiger partial charge in [0, 0.05) is 0 Å². The minimum Gasteiger partial charge on any atom is -0.461 e. The number of halogens is 1. The molecule has 0 aliphatic heterocycles. The third-order valence-corrected chi connectivity index (χ3v) is 2.12. The number of carbonyl (C=O) groups excluding carboxylic acids is 1. The summed E-state index contributed by atoms with van der Waals surface area (Å²) in [6, 6.07) is 7.14. The largest absolute Gasteiger partial charge is 0.461 e.